The predicted molar refractivity (Wildman–Crippen MR) is 82.0 cm³/mol. The molecule has 8 nitrogen and oxygen atoms in total. The van der Waals surface area contributed by atoms with Crippen LogP contribution in [0.4, 0.5) is 5.69 Å². The molecule has 2 rings (SSSR count). The van der Waals surface area contributed by atoms with Crippen molar-refractivity contribution in [2.75, 3.05) is 11.9 Å². The topological polar surface area (TPSA) is 113 Å². The Bertz CT molecular complexity index is 721. The van der Waals surface area contributed by atoms with E-state index in [2.05, 4.69) is 15.7 Å². The van der Waals surface area contributed by atoms with Crippen molar-refractivity contribution in [2.24, 2.45) is 0 Å². The second-order valence-electron chi connectivity index (χ2n) is 4.79. The molecule has 0 spiro atoms. The van der Waals surface area contributed by atoms with Crippen molar-refractivity contribution in [1.82, 2.24) is 15.1 Å². The zero-order valence-electron chi connectivity index (χ0n) is 12.4. The summed E-state index contributed by atoms with van der Waals surface area (Å²) in [6, 6.07) is 7.37. The maximum absolute atomic E-state index is 11.7. The van der Waals surface area contributed by atoms with Crippen LogP contribution in [-0.2, 0) is 16.1 Å². The number of aromatic nitrogens is 2. The molecule has 2 amide bonds. The van der Waals surface area contributed by atoms with Crippen LogP contribution in [0.1, 0.15) is 16.1 Å². The van der Waals surface area contributed by atoms with Gasteiger partial charge in [-0.1, -0.05) is 0 Å². The van der Waals surface area contributed by atoms with Crippen molar-refractivity contribution in [1.29, 1.82) is 0 Å². The third-order valence-electron chi connectivity index (χ3n) is 3.13. The summed E-state index contributed by atoms with van der Waals surface area (Å²) >= 11 is 0. The van der Waals surface area contributed by atoms with Gasteiger partial charge in [-0.15, -0.1) is 0 Å². The van der Waals surface area contributed by atoms with E-state index in [1.807, 2.05) is 13.0 Å². The van der Waals surface area contributed by atoms with E-state index >= 15 is 0 Å². The molecule has 0 saturated heterocycles. The number of carbonyl (C=O) groups is 3. The third kappa shape index (κ3) is 4.40. The summed E-state index contributed by atoms with van der Waals surface area (Å²) in [7, 11) is 0. The maximum Gasteiger partial charge on any atom is 0.335 e. The second kappa shape index (κ2) is 7.21. The van der Waals surface area contributed by atoms with E-state index in [1.165, 1.54) is 24.3 Å². The van der Waals surface area contributed by atoms with Crippen molar-refractivity contribution in [3.05, 3.63) is 47.8 Å². The smallest absolute Gasteiger partial charge is 0.335 e. The van der Waals surface area contributed by atoms with Crippen molar-refractivity contribution < 1.29 is 19.5 Å². The number of amides is 2. The van der Waals surface area contributed by atoms with Gasteiger partial charge in [-0.25, -0.2) is 4.79 Å². The highest BCUT2D eigenvalue weighted by Gasteiger charge is 2.13. The Hall–Kier alpha value is -3.16. The largest absolute Gasteiger partial charge is 0.478 e. The minimum atomic E-state index is -1.06. The third-order valence-corrected chi connectivity index (χ3v) is 3.13. The van der Waals surface area contributed by atoms with Crippen LogP contribution in [0.25, 0.3) is 0 Å². The van der Waals surface area contributed by atoms with Gasteiger partial charge >= 0.3 is 17.8 Å². The van der Waals surface area contributed by atoms with Crippen LogP contribution in [0.3, 0.4) is 0 Å². The number of nitrogens with one attached hydrogen (secondary N) is 2. The highest BCUT2D eigenvalue weighted by atomic mass is 16.4. The first kappa shape index (κ1) is 16.2. The number of hydrogen-bond acceptors (Lipinski definition) is 4. The molecule has 0 atom stereocenters. The highest BCUT2D eigenvalue weighted by molar-refractivity contribution is 6.39. The quantitative estimate of drug-likeness (QED) is 0.701. The Morgan fingerprint density at radius 1 is 1.13 bits per heavy atom. The maximum atomic E-state index is 11.7. The molecule has 0 aliphatic heterocycles. The number of hydrogen-bond donors (Lipinski definition) is 3. The number of rotatable bonds is 5. The number of aryl methyl sites for hydroxylation is 1. The molecule has 8 heteroatoms. The normalized spacial score (nSPS) is 10.1. The number of carboxylic acids is 1. The van der Waals surface area contributed by atoms with Crippen molar-refractivity contribution >= 4 is 23.5 Å². The van der Waals surface area contributed by atoms with E-state index in [0.717, 1.165) is 5.69 Å². The lowest BCUT2D eigenvalue weighted by Gasteiger charge is -2.08. The van der Waals surface area contributed by atoms with Gasteiger partial charge in [0.15, 0.2) is 0 Å². The molecule has 1 heterocycles. The predicted octanol–water partition coefficient (Wildman–Crippen LogP) is 0.645. The standard InChI is InChI=1S/C15H16N4O4/c1-10-6-7-17-19(10)9-8-16-13(20)14(21)18-12-4-2-11(3-5-12)15(22)23/h2-7H,8-9H2,1H3,(H,16,20)(H,18,21)(H,22,23). The van der Waals surface area contributed by atoms with E-state index in [1.54, 1.807) is 10.9 Å². The van der Waals surface area contributed by atoms with E-state index in [0.29, 0.717) is 12.2 Å². The Morgan fingerprint density at radius 2 is 1.83 bits per heavy atom. The molecule has 0 fully saturated rings. The first-order valence-corrected chi connectivity index (χ1v) is 6.88. The van der Waals surface area contributed by atoms with Crippen LogP contribution in [0.2, 0.25) is 0 Å². The van der Waals surface area contributed by atoms with Crippen LogP contribution in [0.15, 0.2) is 36.5 Å². The van der Waals surface area contributed by atoms with Crippen molar-refractivity contribution in [3.8, 4) is 0 Å². The molecule has 3 N–H and O–H groups in total. The first-order chi connectivity index (χ1) is 11.0. The lowest BCUT2D eigenvalue weighted by Crippen LogP contribution is -2.37. The summed E-state index contributed by atoms with van der Waals surface area (Å²) < 4.78 is 1.71. The van der Waals surface area contributed by atoms with Gasteiger partial charge in [-0.2, -0.15) is 5.10 Å². The molecule has 1 aromatic carbocycles. The average Bonchev–Trinajstić information content (AvgIpc) is 2.93. The zero-order chi connectivity index (χ0) is 16.8. The molecule has 0 aliphatic carbocycles. The molecule has 0 aliphatic rings. The lowest BCUT2D eigenvalue weighted by molar-refractivity contribution is -0.136. The van der Waals surface area contributed by atoms with Gasteiger partial charge in [0.2, 0.25) is 0 Å². The van der Waals surface area contributed by atoms with Gasteiger partial charge in [0, 0.05) is 24.1 Å². The summed E-state index contributed by atoms with van der Waals surface area (Å²) in [5, 5.41) is 17.7. The van der Waals surface area contributed by atoms with Crippen LogP contribution < -0.4 is 10.6 Å². The SMILES string of the molecule is Cc1ccnn1CCNC(=O)C(=O)Nc1ccc(C(=O)O)cc1. The van der Waals surface area contributed by atoms with Gasteiger partial charge in [0.05, 0.1) is 12.1 Å². The second-order valence-corrected chi connectivity index (χ2v) is 4.79. The van der Waals surface area contributed by atoms with Gasteiger partial charge < -0.3 is 15.7 Å². The van der Waals surface area contributed by atoms with Crippen LogP contribution in [0.5, 0.6) is 0 Å². The lowest BCUT2D eigenvalue weighted by atomic mass is 10.2. The molecule has 0 saturated carbocycles. The Balaban J connectivity index is 1.81. The van der Waals surface area contributed by atoms with E-state index < -0.39 is 17.8 Å². The highest BCUT2D eigenvalue weighted by Crippen LogP contribution is 2.09. The molecule has 0 unspecified atom stereocenters. The molecular weight excluding hydrogens is 300 g/mol. The summed E-state index contributed by atoms with van der Waals surface area (Å²) in [6.45, 7) is 2.63. The number of anilines is 1. The fraction of sp³-hybridized carbons (Fsp3) is 0.200. The van der Waals surface area contributed by atoms with Gasteiger partial charge in [-0.3, -0.25) is 14.3 Å². The first-order valence-electron chi connectivity index (χ1n) is 6.88. The zero-order valence-corrected chi connectivity index (χ0v) is 12.4. The molecule has 0 radical (unpaired) electrons. The monoisotopic (exact) mass is 316 g/mol. The molecule has 120 valence electrons. The summed E-state index contributed by atoms with van der Waals surface area (Å²) in [5.41, 5.74) is 1.40. The van der Waals surface area contributed by atoms with E-state index in [4.69, 9.17) is 5.11 Å². The summed E-state index contributed by atoms with van der Waals surface area (Å²) in [6.07, 6.45) is 1.66. The number of carbonyl (C=O) groups excluding carboxylic acids is 2. The molecular formula is C15H16N4O4. The minimum absolute atomic E-state index is 0.0991. The van der Waals surface area contributed by atoms with Crippen LogP contribution in [-0.4, -0.2) is 39.2 Å². The molecule has 2 aromatic rings. The molecule has 0 bridgehead atoms. The Labute approximate surface area is 132 Å². The van der Waals surface area contributed by atoms with Gasteiger partial charge in [-0.05, 0) is 37.3 Å². The summed E-state index contributed by atoms with van der Waals surface area (Å²) in [4.78, 5) is 34.1. The van der Waals surface area contributed by atoms with Gasteiger partial charge in [0.1, 0.15) is 0 Å². The number of nitrogens with zero attached hydrogens (tertiary/aromatic N) is 2. The Morgan fingerprint density at radius 3 is 2.39 bits per heavy atom. The van der Waals surface area contributed by atoms with Crippen molar-refractivity contribution in [2.45, 2.75) is 13.5 Å². The fourth-order valence-corrected chi connectivity index (χ4v) is 1.87. The number of benzene rings is 1. The average molecular weight is 316 g/mol. The van der Waals surface area contributed by atoms with Gasteiger partial charge in [0.25, 0.3) is 0 Å². The minimum Gasteiger partial charge on any atom is -0.478 e. The van der Waals surface area contributed by atoms with Crippen LogP contribution in [0, 0.1) is 6.92 Å². The Kier molecular flexibility index (Phi) is 5.08. The van der Waals surface area contributed by atoms with E-state index in [9.17, 15) is 14.4 Å². The number of aromatic carboxylic acids is 1. The van der Waals surface area contributed by atoms with E-state index in [-0.39, 0.29) is 12.1 Å². The fourth-order valence-electron chi connectivity index (χ4n) is 1.87. The number of carboxylic acid groups (broad SMARTS) is 1. The molecule has 23 heavy (non-hydrogen) atoms. The van der Waals surface area contributed by atoms with Crippen LogP contribution >= 0.6 is 0 Å². The molecule has 1 aromatic heterocycles. The van der Waals surface area contributed by atoms with Crippen molar-refractivity contribution in [3.63, 3.8) is 0 Å². The summed E-state index contributed by atoms with van der Waals surface area (Å²) in [5.74, 6) is -2.64.